The molecule has 1 fully saturated rings. The van der Waals surface area contributed by atoms with Crippen molar-refractivity contribution in [2.75, 3.05) is 0 Å². The normalized spacial score (nSPS) is 30.2. The summed E-state index contributed by atoms with van der Waals surface area (Å²) in [6.07, 6.45) is 3.82. The summed E-state index contributed by atoms with van der Waals surface area (Å²) in [5.41, 5.74) is 7.64. The van der Waals surface area contributed by atoms with Crippen LogP contribution >= 0.6 is 27.5 Å². The van der Waals surface area contributed by atoms with Gasteiger partial charge in [0, 0.05) is 10.5 Å². The average molecular weight is 331 g/mol. The number of hydrogen-bond donors (Lipinski definition) is 1. The van der Waals surface area contributed by atoms with E-state index in [0.29, 0.717) is 5.92 Å². The minimum Gasteiger partial charge on any atom is -0.324 e. The third-order valence-electron chi connectivity index (χ3n) is 4.05. The molecule has 3 atom stereocenters. The summed E-state index contributed by atoms with van der Waals surface area (Å²) in [5.74, 6) is 2.18. The standard InChI is InChI=1S/C15H21BrClN/c1-9-5-10(2)7-12(6-9)15(18)11-3-4-14(17)13(16)8-11/h3-4,8-10,12,15H,5-7,18H2,1-2H3. The third-order valence-corrected chi connectivity index (χ3v) is 5.27. The van der Waals surface area contributed by atoms with Crippen LogP contribution in [0.2, 0.25) is 5.02 Å². The van der Waals surface area contributed by atoms with Crippen molar-refractivity contribution in [1.82, 2.24) is 0 Å². The second-order valence-corrected chi connectivity index (χ2v) is 7.14. The molecule has 3 heteroatoms. The van der Waals surface area contributed by atoms with Gasteiger partial charge in [0.1, 0.15) is 0 Å². The smallest absolute Gasteiger partial charge is 0.0548 e. The van der Waals surface area contributed by atoms with Crippen LogP contribution in [0.15, 0.2) is 22.7 Å². The number of benzene rings is 1. The predicted molar refractivity (Wildman–Crippen MR) is 81.7 cm³/mol. The first-order valence-corrected chi connectivity index (χ1v) is 7.85. The zero-order chi connectivity index (χ0) is 13.3. The zero-order valence-electron chi connectivity index (χ0n) is 11.0. The molecule has 1 aliphatic rings. The Bertz CT molecular complexity index is 411. The van der Waals surface area contributed by atoms with Crippen molar-refractivity contribution >= 4 is 27.5 Å². The topological polar surface area (TPSA) is 26.0 Å². The molecule has 18 heavy (non-hydrogen) atoms. The zero-order valence-corrected chi connectivity index (χ0v) is 13.3. The van der Waals surface area contributed by atoms with Crippen LogP contribution < -0.4 is 5.73 Å². The molecule has 0 radical (unpaired) electrons. The van der Waals surface area contributed by atoms with Crippen LogP contribution in [0.4, 0.5) is 0 Å². The van der Waals surface area contributed by atoms with Gasteiger partial charge in [0.2, 0.25) is 0 Å². The Morgan fingerprint density at radius 2 is 1.83 bits per heavy atom. The molecule has 1 aliphatic carbocycles. The molecule has 0 heterocycles. The van der Waals surface area contributed by atoms with Gasteiger partial charge in [-0.15, -0.1) is 0 Å². The highest BCUT2D eigenvalue weighted by Crippen LogP contribution is 2.39. The second kappa shape index (κ2) is 5.94. The summed E-state index contributed by atoms with van der Waals surface area (Å²) in [7, 11) is 0. The Kier molecular flexibility index (Phi) is 4.74. The minimum absolute atomic E-state index is 0.128. The highest BCUT2D eigenvalue weighted by Gasteiger charge is 2.29. The van der Waals surface area contributed by atoms with Gasteiger partial charge in [-0.25, -0.2) is 0 Å². The molecular formula is C15H21BrClN. The van der Waals surface area contributed by atoms with Crippen molar-refractivity contribution in [3.8, 4) is 0 Å². The first-order chi connectivity index (χ1) is 8.47. The Balaban J connectivity index is 2.14. The van der Waals surface area contributed by atoms with Crippen LogP contribution in [0.25, 0.3) is 0 Å². The van der Waals surface area contributed by atoms with E-state index in [-0.39, 0.29) is 6.04 Å². The quantitative estimate of drug-likeness (QED) is 0.795. The number of halogens is 2. The Morgan fingerprint density at radius 3 is 2.39 bits per heavy atom. The van der Waals surface area contributed by atoms with Gasteiger partial charge in [-0.05, 0) is 70.6 Å². The van der Waals surface area contributed by atoms with Crippen molar-refractivity contribution in [3.63, 3.8) is 0 Å². The molecule has 0 amide bonds. The van der Waals surface area contributed by atoms with Gasteiger partial charge in [0.05, 0.1) is 5.02 Å². The van der Waals surface area contributed by atoms with Crippen LogP contribution in [0.1, 0.15) is 44.7 Å². The van der Waals surface area contributed by atoms with E-state index < -0.39 is 0 Å². The SMILES string of the molecule is CC1CC(C)CC(C(N)c2ccc(Cl)c(Br)c2)C1. The summed E-state index contributed by atoms with van der Waals surface area (Å²) < 4.78 is 0.939. The fraction of sp³-hybridized carbons (Fsp3) is 0.600. The summed E-state index contributed by atoms with van der Waals surface area (Å²) in [4.78, 5) is 0. The molecule has 0 spiro atoms. The maximum Gasteiger partial charge on any atom is 0.0548 e. The van der Waals surface area contributed by atoms with Gasteiger partial charge in [0.25, 0.3) is 0 Å². The predicted octanol–water partition coefficient (Wildman–Crippen LogP) is 5.17. The number of nitrogens with two attached hydrogens (primary N) is 1. The number of rotatable bonds is 2. The summed E-state index contributed by atoms with van der Waals surface area (Å²) in [6.45, 7) is 4.68. The highest BCUT2D eigenvalue weighted by molar-refractivity contribution is 9.10. The van der Waals surface area contributed by atoms with E-state index in [0.717, 1.165) is 21.3 Å². The van der Waals surface area contributed by atoms with Crippen LogP contribution in [0.3, 0.4) is 0 Å². The van der Waals surface area contributed by atoms with E-state index in [9.17, 15) is 0 Å². The molecule has 0 saturated heterocycles. The molecule has 3 unspecified atom stereocenters. The first kappa shape index (κ1) is 14.4. The van der Waals surface area contributed by atoms with Crippen molar-refractivity contribution < 1.29 is 0 Å². The molecule has 2 rings (SSSR count). The van der Waals surface area contributed by atoms with E-state index in [1.54, 1.807) is 0 Å². The van der Waals surface area contributed by atoms with Crippen molar-refractivity contribution in [3.05, 3.63) is 33.3 Å². The molecule has 1 saturated carbocycles. The molecule has 1 nitrogen and oxygen atoms in total. The summed E-state index contributed by atoms with van der Waals surface area (Å²) in [6, 6.07) is 6.18. The molecule has 0 aliphatic heterocycles. The molecular weight excluding hydrogens is 310 g/mol. The highest BCUT2D eigenvalue weighted by atomic mass is 79.9. The molecule has 1 aromatic carbocycles. The molecule has 1 aromatic rings. The van der Waals surface area contributed by atoms with Gasteiger partial charge in [-0.1, -0.05) is 31.5 Å². The third kappa shape index (κ3) is 3.28. The fourth-order valence-corrected chi connectivity index (χ4v) is 3.81. The van der Waals surface area contributed by atoms with Crippen molar-refractivity contribution in [2.45, 2.75) is 39.2 Å². The lowest BCUT2D eigenvalue weighted by atomic mass is 9.73. The van der Waals surface area contributed by atoms with E-state index in [1.807, 2.05) is 6.07 Å². The minimum atomic E-state index is 0.128. The van der Waals surface area contributed by atoms with Crippen molar-refractivity contribution in [2.24, 2.45) is 23.5 Å². The van der Waals surface area contributed by atoms with Crippen LogP contribution in [0.5, 0.6) is 0 Å². The Labute approximate surface area is 123 Å². The van der Waals surface area contributed by atoms with Gasteiger partial charge < -0.3 is 5.73 Å². The monoisotopic (exact) mass is 329 g/mol. The molecule has 2 N–H and O–H groups in total. The molecule has 0 bridgehead atoms. The van der Waals surface area contributed by atoms with Crippen LogP contribution in [-0.4, -0.2) is 0 Å². The summed E-state index contributed by atoms with van der Waals surface area (Å²) >= 11 is 9.50. The average Bonchev–Trinajstić information content (AvgIpc) is 2.30. The lowest BCUT2D eigenvalue weighted by molar-refractivity contribution is 0.193. The Morgan fingerprint density at radius 1 is 1.22 bits per heavy atom. The maximum absolute atomic E-state index is 6.45. The van der Waals surface area contributed by atoms with Gasteiger partial charge in [-0.3, -0.25) is 0 Å². The van der Waals surface area contributed by atoms with E-state index in [2.05, 4.69) is 41.9 Å². The Hall–Kier alpha value is -0.0500. The van der Waals surface area contributed by atoms with Crippen LogP contribution in [-0.2, 0) is 0 Å². The lowest BCUT2D eigenvalue weighted by Gasteiger charge is -2.35. The van der Waals surface area contributed by atoms with E-state index >= 15 is 0 Å². The molecule has 0 aromatic heterocycles. The first-order valence-electron chi connectivity index (χ1n) is 6.68. The van der Waals surface area contributed by atoms with E-state index in [4.69, 9.17) is 17.3 Å². The largest absolute Gasteiger partial charge is 0.324 e. The fourth-order valence-electron chi connectivity index (χ4n) is 3.29. The van der Waals surface area contributed by atoms with Gasteiger partial charge >= 0.3 is 0 Å². The second-order valence-electron chi connectivity index (χ2n) is 5.88. The lowest BCUT2D eigenvalue weighted by Crippen LogP contribution is -2.29. The molecule has 100 valence electrons. The van der Waals surface area contributed by atoms with Gasteiger partial charge in [-0.2, -0.15) is 0 Å². The maximum atomic E-state index is 6.45. The van der Waals surface area contributed by atoms with Gasteiger partial charge in [0.15, 0.2) is 0 Å². The summed E-state index contributed by atoms with van der Waals surface area (Å²) in [5, 5.41) is 0.747. The van der Waals surface area contributed by atoms with E-state index in [1.165, 1.54) is 24.8 Å². The van der Waals surface area contributed by atoms with Crippen LogP contribution in [0, 0.1) is 17.8 Å². The number of hydrogen-bond acceptors (Lipinski definition) is 1. The van der Waals surface area contributed by atoms with Crippen molar-refractivity contribution in [1.29, 1.82) is 0 Å².